The maximum atomic E-state index is 12.5. The van der Waals surface area contributed by atoms with Gasteiger partial charge in [0.15, 0.2) is 0 Å². The highest BCUT2D eigenvalue weighted by atomic mass is 16.2. The van der Waals surface area contributed by atoms with Crippen LogP contribution in [0.15, 0.2) is 0 Å². The number of likely N-dealkylation sites (N-methyl/N-ethyl adjacent to an activating group) is 2. The van der Waals surface area contributed by atoms with Crippen LogP contribution in [-0.2, 0) is 9.59 Å². The molecule has 2 atom stereocenters. The van der Waals surface area contributed by atoms with Gasteiger partial charge in [0.2, 0.25) is 11.8 Å². The van der Waals surface area contributed by atoms with Crippen LogP contribution in [0.4, 0.5) is 0 Å². The molecule has 1 aliphatic rings. The van der Waals surface area contributed by atoms with E-state index in [-0.39, 0.29) is 24.4 Å². The second-order valence-corrected chi connectivity index (χ2v) is 5.52. The van der Waals surface area contributed by atoms with E-state index in [2.05, 4.69) is 0 Å². The predicted octanol–water partition coefficient (Wildman–Crippen LogP) is 0.441. The molecular formula is C13H25N3O2. The Labute approximate surface area is 109 Å². The largest absolute Gasteiger partial charge is 0.347 e. The van der Waals surface area contributed by atoms with Gasteiger partial charge in [-0.25, -0.2) is 0 Å². The van der Waals surface area contributed by atoms with Gasteiger partial charge in [-0.3, -0.25) is 9.59 Å². The summed E-state index contributed by atoms with van der Waals surface area (Å²) < 4.78 is 0. The summed E-state index contributed by atoms with van der Waals surface area (Å²) in [5.74, 6) is -0.0365. The maximum Gasteiger partial charge on any atom is 0.241 e. The van der Waals surface area contributed by atoms with Gasteiger partial charge in [-0.05, 0) is 26.7 Å². The standard InChI is InChI=1S/C13H25N3O2/c1-5-16(9-11(17)15(3)4)12(18)13(2)8-6-7-10(13)14/h10H,5-9,14H2,1-4H3. The van der Waals surface area contributed by atoms with Crippen molar-refractivity contribution in [3.05, 3.63) is 0 Å². The summed E-state index contributed by atoms with van der Waals surface area (Å²) in [7, 11) is 3.40. The molecule has 0 aromatic heterocycles. The first-order chi connectivity index (χ1) is 8.32. The van der Waals surface area contributed by atoms with Crippen molar-refractivity contribution in [1.29, 1.82) is 0 Å². The van der Waals surface area contributed by atoms with Gasteiger partial charge >= 0.3 is 0 Å². The zero-order valence-electron chi connectivity index (χ0n) is 11.9. The Balaban J connectivity index is 2.76. The molecule has 2 unspecified atom stereocenters. The molecule has 0 aromatic carbocycles. The van der Waals surface area contributed by atoms with Crippen LogP contribution in [0.2, 0.25) is 0 Å². The Bertz CT molecular complexity index is 330. The lowest BCUT2D eigenvalue weighted by molar-refractivity contribution is -0.146. The molecule has 0 aromatic rings. The van der Waals surface area contributed by atoms with Gasteiger partial charge in [0.25, 0.3) is 0 Å². The molecule has 0 radical (unpaired) electrons. The quantitative estimate of drug-likeness (QED) is 0.792. The van der Waals surface area contributed by atoms with E-state index in [1.807, 2.05) is 13.8 Å². The van der Waals surface area contributed by atoms with E-state index in [9.17, 15) is 9.59 Å². The molecule has 1 rings (SSSR count). The lowest BCUT2D eigenvalue weighted by atomic mass is 9.83. The fourth-order valence-corrected chi connectivity index (χ4v) is 2.45. The smallest absolute Gasteiger partial charge is 0.241 e. The number of hydrogen-bond acceptors (Lipinski definition) is 3. The molecule has 18 heavy (non-hydrogen) atoms. The average molecular weight is 255 g/mol. The first-order valence-electron chi connectivity index (χ1n) is 6.58. The van der Waals surface area contributed by atoms with E-state index in [0.717, 1.165) is 19.3 Å². The molecule has 1 saturated carbocycles. The molecule has 0 spiro atoms. The van der Waals surface area contributed by atoms with Crippen molar-refractivity contribution in [3.8, 4) is 0 Å². The minimum absolute atomic E-state index is 0.0187. The highest BCUT2D eigenvalue weighted by Crippen LogP contribution is 2.38. The molecule has 0 heterocycles. The highest BCUT2D eigenvalue weighted by Gasteiger charge is 2.45. The molecule has 5 heteroatoms. The van der Waals surface area contributed by atoms with Crippen molar-refractivity contribution in [3.63, 3.8) is 0 Å². The molecule has 104 valence electrons. The Morgan fingerprint density at radius 2 is 2.00 bits per heavy atom. The van der Waals surface area contributed by atoms with Crippen molar-refractivity contribution in [1.82, 2.24) is 9.80 Å². The summed E-state index contributed by atoms with van der Waals surface area (Å²) in [6.07, 6.45) is 2.70. The molecule has 1 fully saturated rings. The van der Waals surface area contributed by atoms with Crippen LogP contribution in [0.25, 0.3) is 0 Å². The van der Waals surface area contributed by atoms with Gasteiger partial charge in [-0.15, -0.1) is 0 Å². The van der Waals surface area contributed by atoms with Crippen molar-refractivity contribution >= 4 is 11.8 Å². The molecule has 0 bridgehead atoms. The lowest BCUT2D eigenvalue weighted by Gasteiger charge is -2.34. The summed E-state index contributed by atoms with van der Waals surface area (Å²) in [6.45, 7) is 4.51. The van der Waals surface area contributed by atoms with E-state index in [1.54, 1.807) is 19.0 Å². The number of nitrogens with two attached hydrogens (primary N) is 1. The van der Waals surface area contributed by atoms with Gasteiger partial charge in [0, 0.05) is 26.7 Å². The number of carbonyl (C=O) groups is 2. The fourth-order valence-electron chi connectivity index (χ4n) is 2.45. The van der Waals surface area contributed by atoms with E-state index in [4.69, 9.17) is 5.73 Å². The van der Waals surface area contributed by atoms with Crippen molar-refractivity contribution < 1.29 is 9.59 Å². The average Bonchev–Trinajstić information content (AvgIpc) is 2.66. The zero-order valence-corrected chi connectivity index (χ0v) is 11.9. The number of amides is 2. The van der Waals surface area contributed by atoms with Crippen LogP contribution in [0.1, 0.15) is 33.1 Å². The summed E-state index contributed by atoms with van der Waals surface area (Å²) in [4.78, 5) is 27.4. The highest BCUT2D eigenvalue weighted by molar-refractivity contribution is 5.88. The van der Waals surface area contributed by atoms with Crippen molar-refractivity contribution in [2.24, 2.45) is 11.1 Å². The molecule has 2 N–H and O–H groups in total. The third-order valence-corrected chi connectivity index (χ3v) is 4.01. The van der Waals surface area contributed by atoms with Crippen LogP contribution in [0.5, 0.6) is 0 Å². The second kappa shape index (κ2) is 5.69. The third-order valence-electron chi connectivity index (χ3n) is 4.01. The Morgan fingerprint density at radius 1 is 1.39 bits per heavy atom. The summed E-state index contributed by atoms with van der Waals surface area (Å²) in [5.41, 5.74) is 5.56. The number of nitrogens with zero attached hydrogens (tertiary/aromatic N) is 2. The minimum Gasteiger partial charge on any atom is -0.347 e. The summed E-state index contributed by atoms with van der Waals surface area (Å²) in [6, 6.07) is -0.0893. The van der Waals surface area contributed by atoms with Crippen LogP contribution in [0, 0.1) is 5.41 Å². The summed E-state index contributed by atoms with van der Waals surface area (Å²) in [5, 5.41) is 0. The molecule has 2 amide bonds. The van der Waals surface area contributed by atoms with Crippen LogP contribution in [-0.4, -0.2) is 54.8 Å². The van der Waals surface area contributed by atoms with Gasteiger partial charge < -0.3 is 15.5 Å². The van der Waals surface area contributed by atoms with Gasteiger partial charge in [0.1, 0.15) is 0 Å². The number of hydrogen-bond donors (Lipinski definition) is 1. The monoisotopic (exact) mass is 255 g/mol. The Kier molecular flexibility index (Phi) is 4.73. The topological polar surface area (TPSA) is 66.6 Å². The number of carbonyl (C=O) groups excluding carboxylic acids is 2. The predicted molar refractivity (Wildman–Crippen MR) is 70.9 cm³/mol. The Hall–Kier alpha value is -1.10. The third kappa shape index (κ3) is 2.83. The van der Waals surface area contributed by atoms with Crippen LogP contribution < -0.4 is 5.73 Å². The number of rotatable bonds is 4. The van der Waals surface area contributed by atoms with Crippen LogP contribution in [0.3, 0.4) is 0 Å². The lowest BCUT2D eigenvalue weighted by Crippen LogP contribution is -2.51. The molecule has 5 nitrogen and oxygen atoms in total. The SMILES string of the molecule is CCN(CC(=O)N(C)C)C(=O)C1(C)CCCC1N. The molecular weight excluding hydrogens is 230 g/mol. The van der Waals surface area contributed by atoms with Crippen molar-refractivity contribution in [2.45, 2.75) is 39.2 Å². The normalized spacial score (nSPS) is 27.1. The maximum absolute atomic E-state index is 12.5. The minimum atomic E-state index is -0.497. The molecule has 0 saturated heterocycles. The fraction of sp³-hybridized carbons (Fsp3) is 0.846. The van der Waals surface area contributed by atoms with E-state index >= 15 is 0 Å². The van der Waals surface area contributed by atoms with E-state index in [0.29, 0.717) is 6.54 Å². The Morgan fingerprint density at radius 3 is 2.39 bits per heavy atom. The molecule has 0 aliphatic heterocycles. The first kappa shape index (κ1) is 15.0. The zero-order chi connectivity index (χ0) is 13.9. The van der Waals surface area contributed by atoms with Crippen LogP contribution >= 0.6 is 0 Å². The summed E-state index contributed by atoms with van der Waals surface area (Å²) >= 11 is 0. The van der Waals surface area contributed by atoms with Gasteiger partial charge in [-0.2, -0.15) is 0 Å². The van der Waals surface area contributed by atoms with Gasteiger partial charge in [0.05, 0.1) is 12.0 Å². The van der Waals surface area contributed by atoms with Crippen molar-refractivity contribution in [2.75, 3.05) is 27.2 Å². The first-order valence-corrected chi connectivity index (χ1v) is 6.58. The van der Waals surface area contributed by atoms with E-state index in [1.165, 1.54) is 4.90 Å². The second-order valence-electron chi connectivity index (χ2n) is 5.52. The molecule has 1 aliphatic carbocycles. The van der Waals surface area contributed by atoms with E-state index < -0.39 is 5.41 Å². The van der Waals surface area contributed by atoms with Gasteiger partial charge in [-0.1, -0.05) is 6.42 Å².